The number of aryl methyl sites for hydroxylation is 1. The monoisotopic (exact) mass is 207 g/mol. The zero-order chi connectivity index (χ0) is 11.3. The van der Waals surface area contributed by atoms with Crippen LogP contribution in [0.1, 0.15) is 43.9 Å². The summed E-state index contributed by atoms with van der Waals surface area (Å²) < 4.78 is 0. The number of aromatic nitrogens is 1. The van der Waals surface area contributed by atoms with Gasteiger partial charge in [-0.3, -0.25) is 0 Å². The first-order valence-electron chi connectivity index (χ1n) is 5.65. The van der Waals surface area contributed by atoms with E-state index in [0.717, 1.165) is 30.8 Å². The van der Waals surface area contributed by atoms with Crippen molar-refractivity contribution >= 4 is 5.82 Å². The van der Waals surface area contributed by atoms with Crippen LogP contribution in [0.15, 0.2) is 12.3 Å². The highest BCUT2D eigenvalue weighted by Crippen LogP contribution is 2.18. The van der Waals surface area contributed by atoms with Crippen LogP contribution in [0.25, 0.3) is 0 Å². The Kier molecular flexibility index (Phi) is 4.56. The lowest BCUT2D eigenvalue weighted by molar-refractivity contribution is 0.694. The average molecular weight is 207 g/mol. The standard InChI is InChI=1S/C12H21N3/c1-4-6-14-12-9(3)7-10(8-15-12)11(13)5-2/h7-8,11H,4-6,13H2,1-3H3,(H,14,15). The molecule has 0 bridgehead atoms. The summed E-state index contributed by atoms with van der Waals surface area (Å²) in [6.07, 6.45) is 3.93. The van der Waals surface area contributed by atoms with E-state index in [9.17, 15) is 0 Å². The molecule has 0 aliphatic heterocycles. The first-order chi connectivity index (χ1) is 7.19. The SMILES string of the molecule is CCCNc1ncc(C(N)CC)cc1C. The Hall–Kier alpha value is -1.09. The van der Waals surface area contributed by atoms with Gasteiger partial charge in [-0.2, -0.15) is 0 Å². The Morgan fingerprint density at radius 3 is 2.73 bits per heavy atom. The van der Waals surface area contributed by atoms with E-state index in [2.05, 4.69) is 37.1 Å². The second kappa shape index (κ2) is 5.71. The van der Waals surface area contributed by atoms with Crippen LogP contribution in [0.2, 0.25) is 0 Å². The van der Waals surface area contributed by atoms with Gasteiger partial charge in [-0.05, 0) is 37.0 Å². The Balaban J connectivity index is 2.78. The summed E-state index contributed by atoms with van der Waals surface area (Å²) in [5.74, 6) is 0.976. The van der Waals surface area contributed by atoms with E-state index in [-0.39, 0.29) is 6.04 Å². The number of anilines is 1. The third kappa shape index (κ3) is 3.20. The van der Waals surface area contributed by atoms with Gasteiger partial charge in [-0.15, -0.1) is 0 Å². The van der Waals surface area contributed by atoms with Crippen molar-refractivity contribution in [1.29, 1.82) is 0 Å². The first kappa shape index (κ1) is 12.0. The molecule has 1 rings (SSSR count). The summed E-state index contributed by atoms with van der Waals surface area (Å²) in [5.41, 5.74) is 8.25. The minimum absolute atomic E-state index is 0.108. The minimum atomic E-state index is 0.108. The van der Waals surface area contributed by atoms with Crippen molar-refractivity contribution in [2.75, 3.05) is 11.9 Å². The van der Waals surface area contributed by atoms with Crippen LogP contribution in [-0.4, -0.2) is 11.5 Å². The molecule has 0 saturated heterocycles. The molecule has 84 valence electrons. The molecule has 1 atom stereocenters. The van der Waals surface area contributed by atoms with Gasteiger partial charge in [0.15, 0.2) is 0 Å². The molecule has 1 aromatic heterocycles. The summed E-state index contributed by atoms with van der Waals surface area (Å²) in [5, 5.41) is 3.29. The van der Waals surface area contributed by atoms with E-state index in [1.807, 2.05) is 6.20 Å². The molecule has 0 radical (unpaired) electrons. The third-order valence-corrected chi connectivity index (χ3v) is 2.51. The van der Waals surface area contributed by atoms with Crippen LogP contribution in [0.5, 0.6) is 0 Å². The molecule has 0 amide bonds. The number of hydrogen-bond acceptors (Lipinski definition) is 3. The van der Waals surface area contributed by atoms with E-state index < -0.39 is 0 Å². The average Bonchev–Trinajstić information content (AvgIpc) is 2.26. The van der Waals surface area contributed by atoms with Gasteiger partial charge in [0.05, 0.1) is 0 Å². The van der Waals surface area contributed by atoms with Crippen molar-refractivity contribution < 1.29 is 0 Å². The summed E-state index contributed by atoms with van der Waals surface area (Å²) in [6.45, 7) is 7.26. The highest BCUT2D eigenvalue weighted by molar-refractivity contribution is 5.44. The highest BCUT2D eigenvalue weighted by Gasteiger charge is 2.06. The van der Waals surface area contributed by atoms with Crippen molar-refractivity contribution in [2.45, 2.75) is 39.7 Å². The summed E-state index contributed by atoms with van der Waals surface area (Å²) >= 11 is 0. The summed E-state index contributed by atoms with van der Waals surface area (Å²) in [7, 11) is 0. The maximum atomic E-state index is 5.95. The van der Waals surface area contributed by atoms with Gasteiger partial charge >= 0.3 is 0 Å². The number of hydrogen-bond donors (Lipinski definition) is 2. The minimum Gasteiger partial charge on any atom is -0.370 e. The van der Waals surface area contributed by atoms with Gasteiger partial charge < -0.3 is 11.1 Å². The van der Waals surface area contributed by atoms with Crippen LogP contribution in [-0.2, 0) is 0 Å². The first-order valence-corrected chi connectivity index (χ1v) is 5.65. The Morgan fingerprint density at radius 2 is 2.20 bits per heavy atom. The van der Waals surface area contributed by atoms with Gasteiger partial charge in [-0.1, -0.05) is 13.8 Å². The smallest absolute Gasteiger partial charge is 0.128 e. The topological polar surface area (TPSA) is 50.9 Å². The van der Waals surface area contributed by atoms with Crippen LogP contribution in [0.3, 0.4) is 0 Å². The summed E-state index contributed by atoms with van der Waals surface area (Å²) in [6, 6.07) is 2.23. The molecule has 3 nitrogen and oxygen atoms in total. The normalized spacial score (nSPS) is 12.5. The molecule has 1 unspecified atom stereocenters. The zero-order valence-electron chi connectivity index (χ0n) is 9.88. The van der Waals surface area contributed by atoms with Gasteiger partial charge in [-0.25, -0.2) is 4.98 Å². The molecule has 0 aliphatic carbocycles. The van der Waals surface area contributed by atoms with Gasteiger partial charge in [0.25, 0.3) is 0 Å². The fourth-order valence-corrected chi connectivity index (χ4v) is 1.46. The van der Waals surface area contributed by atoms with Crippen LogP contribution >= 0.6 is 0 Å². The number of pyridine rings is 1. The van der Waals surface area contributed by atoms with Crippen molar-refractivity contribution in [2.24, 2.45) is 5.73 Å². The van der Waals surface area contributed by atoms with Gasteiger partial charge in [0.2, 0.25) is 0 Å². The Bertz CT molecular complexity index is 310. The zero-order valence-corrected chi connectivity index (χ0v) is 9.88. The Morgan fingerprint density at radius 1 is 1.47 bits per heavy atom. The van der Waals surface area contributed by atoms with Crippen molar-refractivity contribution in [1.82, 2.24) is 4.98 Å². The fourth-order valence-electron chi connectivity index (χ4n) is 1.46. The van der Waals surface area contributed by atoms with Crippen molar-refractivity contribution in [3.05, 3.63) is 23.4 Å². The lowest BCUT2D eigenvalue weighted by atomic mass is 10.1. The van der Waals surface area contributed by atoms with E-state index in [1.54, 1.807) is 0 Å². The molecule has 1 aromatic rings. The predicted octanol–water partition coefficient (Wildman–Crippen LogP) is 2.62. The fraction of sp³-hybridized carbons (Fsp3) is 0.583. The van der Waals surface area contributed by atoms with E-state index >= 15 is 0 Å². The van der Waals surface area contributed by atoms with Crippen LogP contribution < -0.4 is 11.1 Å². The van der Waals surface area contributed by atoms with E-state index in [1.165, 1.54) is 5.56 Å². The second-order valence-corrected chi connectivity index (χ2v) is 3.88. The molecule has 0 fully saturated rings. The summed E-state index contributed by atoms with van der Waals surface area (Å²) in [4.78, 5) is 4.39. The number of rotatable bonds is 5. The van der Waals surface area contributed by atoms with Crippen LogP contribution in [0.4, 0.5) is 5.82 Å². The molecule has 15 heavy (non-hydrogen) atoms. The lowest BCUT2D eigenvalue weighted by Crippen LogP contribution is -2.11. The lowest BCUT2D eigenvalue weighted by Gasteiger charge is -2.12. The Labute approximate surface area is 92.1 Å². The third-order valence-electron chi connectivity index (χ3n) is 2.51. The van der Waals surface area contributed by atoms with E-state index in [0.29, 0.717) is 0 Å². The largest absolute Gasteiger partial charge is 0.370 e. The molecule has 3 heteroatoms. The molecular weight excluding hydrogens is 186 g/mol. The quantitative estimate of drug-likeness (QED) is 0.780. The van der Waals surface area contributed by atoms with Crippen LogP contribution in [0, 0.1) is 6.92 Å². The number of nitrogens with two attached hydrogens (primary N) is 1. The molecule has 0 aromatic carbocycles. The number of nitrogens with one attached hydrogen (secondary N) is 1. The van der Waals surface area contributed by atoms with Crippen molar-refractivity contribution in [3.63, 3.8) is 0 Å². The predicted molar refractivity (Wildman–Crippen MR) is 65.0 cm³/mol. The van der Waals surface area contributed by atoms with Crippen molar-refractivity contribution in [3.8, 4) is 0 Å². The molecular formula is C12H21N3. The maximum absolute atomic E-state index is 5.95. The van der Waals surface area contributed by atoms with Gasteiger partial charge in [0, 0.05) is 18.8 Å². The maximum Gasteiger partial charge on any atom is 0.128 e. The number of nitrogens with zero attached hydrogens (tertiary/aromatic N) is 1. The molecule has 0 spiro atoms. The molecule has 3 N–H and O–H groups in total. The molecule has 0 saturated carbocycles. The van der Waals surface area contributed by atoms with E-state index in [4.69, 9.17) is 5.73 Å². The molecule has 1 heterocycles. The highest BCUT2D eigenvalue weighted by atomic mass is 15.0. The second-order valence-electron chi connectivity index (χ2n) is 3.88. The van der Waals surface area contributed by atoms with Gasteiger partial charge in [0.1, 0.15) is 5.82 Å². The molecule has 0 aliphatic rings.